The molecular weight excluding hydrogens is 268 g/mol. The molecule has 0 radical (unpaired) electrons. The standard InChI is InChI=1S/C12H13ClN4O2/c1-19-7-11(18)15-12-14-8-17(16-12)6-9-2-4-10(13)5-3-9/h2-5,8H,6-7H2,1H3,(H,15,16,18). The first-order chi connectivity index (χ1) is 9.17. The first-order valence-corrected chi connectivity index (χ1v) is 5.98. The van der Waals surface area contributed by atoms with E-state index in [0.717, 1.165) is 5.56 Å². The molecule has 19 heavy (non-hydrogen) atoms. The van der Waals surface area contributed by atoms with Crippen LogP contribution in [0.4, 0.5) is 5.95 Å². The van der Waals surface area contributed by atoms with Crippen molar-refractivity contribution in [3.05, 3.63) is 41.2 Å². The van der Waals surface area contributed by atoms with E-state index in [4.69, 9.17) is 16.3 Å². The van der Waals surface area contributed by atoms with Crippen molar-refractivity contribution in [1.29, 1.82) is 0 Å². The lowest BCUT2D eigenvalue weighted by molar-refractivity contribution is -0.119. The van der Waals surface area contributed by atoms with Crippen LogP contribution in [0.3, 0.4) is 0 Å². The highest BCUT2D eigenvalue weighted by Crippen LogP contribution is 2.10. The number of carbonyl (C=O) groups is 1. The Bertz CT molecular complexity index is 553. The second kappa shape index (κ2) is 6.31. The molecule has 1 aromatic carbocycles. The predicted molar refractivity (Wildman–Crippen MR) is 71.1 cm³/mol. The summed E-state index contributed by atoms with van der Waals surface area (Å²) in [4.78, 5) is 15.3. The normalized spacial score (nSPS) is 10.4. The van der Waals surface area contributed by atoms with Crippen LogP contribution in [-0.2, 0) is 16.1 Å². The van der Waals surface area contributed by atoms with Crippen molar-refractivity contribution in [3.8, 4) is 0 Å². The van der Waals surface area contributed by atoms with E-state index >= 15 is 0 Å². The van der Waals surface area contributed by atoms with E-state index in [-0.39, 0.29) is 18.5 Å². The molecule has 0 saturated carbocycles. The molecule has 0 aliphatic carbocycles. The lowest BCUT2D eigenvalue weighted by atomic mass is 10.2. The molecule has 2 rings (SSSR count). The average molecular weight is 281 g/mol. The Kier molecular flexibility index (Phi) is 4.48. The highest BCUT2D eigenvalue weighted by molar-refractivity contribution is 6.30. The maximum absolute atomic E-state index is 11.3. The van der Waals surface area contributed by atoms with Crippen LogP contribution < -0.4 is 5.32 Å². The molecule has 0 spiro atoms. The minimum Gasteiger partial charge on any atom is -0.375 e. The molecule has 6 nitrogen and oxygen atoms in total. The van der Waals surface area contributed by atoms with Gasteiger partial charge in [-0.3, -0.25) is 10.1 Å². The van der Waals surface area contributed by atoms with Crippen molar-refractivity contribution in [2.45, 2.75) is 6.54 Å². The van der Waals surface area contributed by atoms with Crippen LogP contribution in [0.15, 0.2) is 30.6 Å². The van der Waals surface area contributed by atoms with Crippen LogP contribution in [0.25, 0.3) is 0 Å². The summed E-state index contributed by atoms with van der Waals surface area (Å²) in [6, 6.07) is 7.45. The Balaban J connectivity index is 1.97. The zero-order valence-electron chi connectivity index (χ0n) is 10.3. The summed E-state index contributed by atoms with van der Waals surface area (Å²) in [5, 5.41) is 7.35. The third-order valence-corrected chi connectivity index (χ3v) is 2.57. The van der Waals surface area contributed by atoms with Crippen LogP contribution in [0.5, 0.6) is 0 Å². The molecule has 1 amide bonds. The average Bonchev–Trinajstić information content (AvgIpc) is 2.80. The van der Waals surface area contributed by atoms with Crippen molar-refractivity contribution >= 4 is 23.5 Å². The Morgan fingerprint density at radius 2 is 2.16 bits per heavy atom. The van der Waals surface area contributed by atoms with Crippen molar-refractivity contribution in [3.63, 3.8) is 0 Å². The molecule has 1 aromatic heterocycles. The monoisotopic (exact) mass is 280 g/mol. The number of rotatable bonds is 5. The highest BCUT2D eigenvalue weighted by Gasteiger charge is 2.06. The molecule has 1 heterocycles. The Labute approximate surface area is 115 Å². The highest BCUT2D eigenvalue weighted by atomic mass is 35.5. The van der Waals surface area contributed by atoms with E-state index < -0.39 is 0 Å². The van der Waals surface area contributed by atoms with Gasteiger partial charge in [-0.15, -0.1) is 5.10 Å². The first kappa shape index (κ1) is 13.5. The maximum atomic E-state index is 11.3. The molecule has 0 bridgehead atoms. The van der Waals surface area contributed by atoms with Crippen LogP contribution >= 0.6 is 11.6 Å². The summed E-state index contributed by atoms with van der Waals surface area (Å²) in [5.74, 6) is -0.0252. The van der Waals surface area contributed by atoms with E-state index in [2.05, 4.69) is 15.4 Å². The summed E-state index contributed by atoms with van der Waals surface area (Å²) in [6.07, 6.45) is 1.55. The zero-order chi connectivity index (χ0) is 13.7. The van der Waals surface area contributed by atoms with Gasteiger partial charge in [0.2, 0.25) is 5.95 Å². The Hall–Kier alpha value is -1.92. The molecule has 0 atom stereocenters. The number of methoxy groups -OCH3 is 1. The molecule has 0 saturated heterocycles. The SMILES string of the molecule is COCC(=O)Nc1ncn(Cc2ccc(Cl)cc2)n1. The molecule has 2 aromatic rings. The van der Waals surface area contributed by atoms with Gasteiger partial charge < -0.3 is 4.74 Å². The number of hydrogen-bond acceptors (Lipinski definition) is 4. The molecule has 1 N–H and O–H groups in total. The number of halogens is 1. The molecule has 0 unspecified atom stereocenters. The van der Waals surface area contributed by atoms with Gasteiger partial charge in [0, 0.05) is 12.1 Å². The number of amides is 1. The first-order valence-electron chi connectivity index (χ1n) is 5.60. The minimum absolute atomic E-state index is 0.0221. The summed E-state index contributed by atoms with van der Waals surface area (Å²) in [7, 11) is 1.45. The molecule has 0 aliphatic heterocycles. The Morgan fingerprint density at radius 1 is 1.42 bits per heavy atom. The number of anilines is 1. The number of ether oxygens (including phenoxy) is 1. The largest absolute Gasteiger partial charge is 0.375 e. The lowest BCUT2D eigenvalue weighted by Crippen LogP contribution is -2.18. The van der Waals surface area contributed by atoms with E-state index in [9.17, 15) is 4.79 Å². The predicted octanol–water partition coefficient (Wildman–Crippen LogP) is 1.56. The van der Waals surface area contributed by atoms with Crippen LogP contribution in [0, 0.1) is 0 Å². The summed E-state index contributed by atoms with van der Waals surface area (Å²) >= 11 is 5.81. The fourth-order valence-electron chi connectivity index (χ4n) is 1.50. The number of benzene rings is 1. The fraction of sp³-hybridized carbons (Fsp3) is 0.250. The van der Waals surface area contributed by atoms with Gasteiger partial charge in [0.05, 0.1) is 6.54 Å². The van der Waals surface area contributed by atoms with E-state index in [0.29, 0.717) is 11.6 Å². The van der Waals surface area contributed by atoms with Crippen molar-refractivity contribution in [1.82, 2.24) is 14.8 Å². The Morgan fingerprint density at radius 3 is 2.84 bits per heavy atom. The van der Waals surface area contributed by atoms with Gasteiger partial charge >= 0.3 is 0 Å². The van der Waals surface area contributed by atoms with Crippen LogP contribution in [0.2, 0.25) is 5.02 Å². The van der Waals surface area contributed by atoms with E-state index in [1.54, 1.807) is 11.0 Å². The van der Waals surface area contributed by atoms with Crippen molar-refractivity contribution < 1.29 is 9.53 Å². The molecular formula is C12H13ClN4O2. The van der Waals surface area contributed by atoms with Gasteiger partial charge in [0.15, 0.2) is 0 Å². The number of carbonyl (C=O) groups excluding carboxylic acids is 1. The molecule has 0 fully saturated rings. The lowest BCUT2D eigenvalue weighted by Gasteiger charge is -2.01. The van der Waals surface area contributed by atoms with Crippen LogP contribution in [-0.4, -0.2) is 34.4 Å². The third kappa shape index (κ3) is 4.04. The van der Waals surface area contributed by atoms with E-state index in [1.807, 2.05) is 24.3 Å². The second-order valence-electron chi connectivity index (χ2n) is 3.87. The van der Waals surface area contributed by atoms with Gasteiger partial charge in [-0.05, 0) is 17.7 Å². The molecule has 0 aliphatic rings. The summed E-state index contributed by atoms with van der Waals surface area (Å²) in [5.41, 5.74) is 1.05. The topological polar surface area (TPSA) is 69.0 Å². The minimum atomic E-state index is -0.285. The van der Waals surface area contributed by atoms with Crippen molar-refractivity contribution in [2.24, 2.45) is 0 Å². The second-order valence-corrected chi connectivity index (χ2v) is 4.31. The van der Waals surface area contributed by atoms with Gasteiger partial charge in [0.25, 0.3) is 5.91 Å². The third-order valence-electron chi connectivity index (χ3n) is 2.32. The number of hydrogen-bond donors (Lipinski definition) is 1. The quantitative estimate of drug-likeness (QED) is 0.902. The van der Waals surface area contributed by atoms with Gasteiger partial charge in [0.1, 0.15) is 12.9 Å². The van der Waals surface area contributed by atoms with Gasteiger partial charge in [-0.25, -0.2) is 9.67 Å². The summed E-state index contributed by atoms with van der Waals surface area (Å²) in [6.45, 7) is 0.538. The smallest absolute Gasteiger partial charge is 0.252 e. The van der Waals surface area contributed by atoms with Crippen molar-refractivity contribution in [2.75, 3.05) is 19.0 Å². The number of nitrogens with zero attached hydrogens (tertiary/aromatic N) is 3. The fourth-order valence-corrected chi connectivity index (χ4v) is 1.62. The molecule has 7 heteroatoms. The zero-order valence-corrected chi connectivity index (χ0v) is 11.1. The number of aromatic nitrogens is 3. The molecule has 100 valence electrons. The van der Waals surface area contributed by atoms with Gasteiger partial charge in [-0.1, -0.05) is 23.7 Å². The van der Waals surface area contributed by atoms with Crippen LogP contribution in [0.1, 0.15) is 5.56 Å². The number of nitrogens with one attached hydrogen (secondary N) is 1. The van der Waals surface area contributed by atoms with Gasteiger partial charge in [-0.2, -0.15) is 0 Å². The summed E-state index contributed by atoms with van der Waals surface area (Å²) < 4.78 is 6.33. The maximum Gasteiger partial charge on any atom is 0.252 e. The van der Waals surface area contributed by atoms with E-state index in [1.165, 1.54) is 7.11 Å².